The third kappa shape index (κ3) is 8.02. The summed E-state index contributed by atoms with van der Waals surface area (Å²) in [5, 5.41) is 7.66. The minimum atomic E-state index is -0.943. The highest BCUT2D eigenvalue weighted by Gasteiger charge is 2.29. The van der Waals surface area contributed by atoms with Gasteiger partial charge in [-0.3, -0.25) is 9.59 Å². The van der Waals surface area contributed by atoms with Crippen molar-refractivity contribution in [2.45, 2.75) is 84.6 Å². The lowest BCUT2D eigenvalue weighted by molar-refractivity contribution is -0.119. The molecule has 1 aliphatic rings. The predicted molar refractivity (Wildman–Crippen MR) is 172 cm³/mol. The van der Waals surface area contributed by atoms with Crippen molar-refractivity contribution in [2.24, 2.45) is 5.92 Å². The second kappa shape index (κ2) is 14.6. The Morgan fingerprint density at radius 3 is 2.57 bits per heavy atom. The van der Waals surface area contributed by atoms with Gasteiger partial charge in [0, 0.05) is 43.5 Å². The Morgan fingerprint density at radius 1 is 1.18 bits per heavy atom. The van der Waals surface area contributed by atoms with Gasteiger partial charge in [0.05, 0.1) is 30.1 Å². The number of thiazole rings is 1. The molecule has 0 saturated carbocycles. The van der Waals surface area contributed by atoms with E-state index in [1.807, 2.05) is 31.1 Å². The van der Waals surface area contributed by atoms with Crippen molar-refractivity contribution in [3.05, 3.63) is 47.4 Å². The van der Waals surface area contributed by atoms with Crippen LogP contribution < -0.4 is 15.5 Å². The highest BCUT2D eigenvalue weighted by Crippen LogP contribution is 2.31. The molecular formula is C32H45FN6O4S. The van der Waals surface area contributed by atoms with Gasteiger partial charge in [-0.05, 0) is 57.7 Å². The molecule has 1 saturated heterocycles. The molecule has 4 heterocycles. The lowest BCUT2D eigenvalue weighted by Crippen LogP contribution is -2.46. The molecule has 12 heteroatoms. The molecule has 3 aromatic rings. The molecule has 0 bridgehead atoms. The van der Waals surface area contributed by atoms with Crippen molar-refractivity contribution < 1.29 is 23.5 Å². The van der Waals surface area contributed by atoms with E-state index in [1.165, 1.54) is 24.5 Å². The van der Waals surface area contributed by atoms with Gasteiger partial charge in [0.2, 0.25) is 0 Å². The molecule has 5 atom stereocenters. The molecule has 44 heavy (non-hydrogen) atoms. The molecule has 0 aliphatic carbocycles. The predicted octanol–water partition coefficient (Wildman–Crippen LogP) is 5.70. The van der Waals surface area contributed by atoms with Gasteiger partial charge in [0.15, 0.2) is 16.8 Å². The Kier molecular flexibility index (Phi) is 11.1. The molecular weight excluding hydrogens is 583 g/mol. The van der Waals surface area contributed by atoms with Crippen molar-refractivity contribution in [1.29, 1.82) is 0 Å². The number of nitrogens with one attached hydrogen (secondary N) is 2. The molecule has 1 fully saturated rings. The van der Waals surface area contributed by atoms with E-state index in [0.717, 1.165) is 19.3 Å². The van der Waals surface area contributed by atoms with Crippen LogP contribution in [0.1, 0.15) is 71.2 Å². The van der Waals surface area contributed by atoms with Crippen LogP contribution in [0, 0.1) is 11.7 Å². The van der Waals surface area contributed by atoms with Gasteiger partial charge >= 0.3 is 0 Å². The van der Waals surface area contributed by atoms with Gasteiger partial charge in [0.25, 0.3) is 11.8 Å². The lowest BCUT2D eigenvalue weighted by atomic mass is 9.86. The Hall–Kier alpha value is -3.35. The number of pyridine rings is 1. The zero-order valence-corrected chi connectivity index (χ0v) is 27.5. The van der Waals surface area contributed by atoms with Gasteiger partial charge < -0.3 is 29.6 Å². The molecule has 0 aromatic carbocycles. The average molecular weight is 629 g/mol. The molecule has 4 rings (SSSR count). The number of carbonyl (C=O) groups excluding carboxylic acids is 2. The number of hydrogen-bond donors (Lipinski definition) is 2. The van der Waals surface area contributed by atoms with Crippen LogP contribution in [0.15, 0.2) is 36.0 Å². The first-order valence-corrected chi connectivity index (χ1v) is 16.2. The van der Waals surface area contributed by atoms with Crippen LogP contribution in [-0.2, 0) is 19.8 Å². The summed E-state index contributed by atoms with van der Waals surface area (Å²) < 4.78 is 27.9. The zero-order valence-electron chi connectivity index (χ0n) is 26.7. The summed E-state index contributed by atoms with van der Waals surface area (Å²) >= 11 is 1.22. The topological polar surface area (TPSA) is 111 Å². The van der Waals surface area contributed by atoms with Crippen LogP contribution in [0.2, 0.25) is 0 Å². The Labute approximate surface area is 263 Å². The standard InChI is InChI=1S/C32H45FN6O4S/c1-8-20(3)14-32(6,9-2)39-13-12-23(17-39)29(40)35-26(18-42-7)30(41)37-31-36-27(19-44-31)25-11-10-24(33)28(34-25)38-15-21(4)43-22(5)16-38/h10-13,17,19-22,26H,8-9,14-16,18H2,1-7H3,(H,35,40)(H,36,37,41). The molecule has 2 N–H and O–H groups in total. The number of rotatable bonds is 13. The maximum atomic E-state index is 14.8. The number of ether oxygens (including phenoxy) is 2. The van der Waals surface area contributed by atoms with Gasteiger partial charge in [-0.1, -0.05) is 27.2 Å². The van der Waals surface area contributed by atoms with Crippen molar-refractivity contribution in [3.8, 4) is 11.4 Å². The summed E-state index contributed by atoms with van der Waals surface area (Å²) in [7, 11) is 1.47. The maximum Gasteiger partial charge on any atom is 0.253 e. The monoisotopic (exact) mass is 628 g/mol. The van der Waals surface area contributed by atoms with E-state index in [2.05, 4.69) is 52.9 Å². The van der Waals surface area contributed by atoms with E-state index >= 15 is 0 Å². The smallest absolute Gasteiger partial charge is 0.253 e. The highest BCUT2D eigenvalue weighted by atomic mass is 32.1. The maximum absolute atomic E-state index is 14.8. The number of amides is 2. The van der Waals surface area contributed by atoms with Gasteiger partial charge in [0.1, 0.15) is 11.7 Å². The lowest BCUT2D eigenvalue weighted by Gasteiger charge is -2.36. The number of hydrogen-bond acceptors (Lipinski definition) is 8. The van der Waals surface area contributed by atoms with Crippen LogP contribution in [0.5, 0.6) is 0 Å². The van der Waals surface area contributed by atoms with Gasteiger partial charge in [-0.15, -0.1) is 11.3 Å². The minimum absolute atomic E-state index is 0.0174. The van der Waals surface area contributed by atoms with Crippen LogP contribution in [0.3, 0.4) is 0 Å². The molecule has 5 unspecified atom stereocenters. The Balaban J connectivity index is 1.43. The fraction of sp³-hybridized carbons (Fsp3) is 0.562. The average Bonchev–Trinajstić information content (AvgIpc) is 3.67. The zero-order chi connectivity index (χ0) is 32.0. The summed E-state index contributed by atoms with van der Waals surface area (Å²) in [4.78, 5) is 37.4. The number of morpholine rings is 1. The van der Waals surface area contributed by atoms with E-state index in [0.29, 0.717) is 41.1 Å². The molecule has 2 amide bonds. The van der Waals surface area contributed by atoms with E-state index in [4.69, 9.17) is 9.47 Å². The molecule has 240 valence electrons. The number of methoxy groups -OCH3 is 1. The van der Waals surface area contributed by atoms with Crippen molar-refractivity contribution in [1.82, 2.24) is 19.9 Å². The number of aromatic nitrogens is 3. The van der Waals surface area contributed by atoms with Gasteiger partial charge in [-0.2, -0.15) is 0 Å². The molecule has 0 spiro atoms. The first-order chi connectivity index (χ1) is 21.0. The summed E-state index contributed by atoms with van der Waals surface area (Å²) in [5.41, 5.74) is 1.36. The fourth-order valence-electron chi connectivity index (χ4n) is 5.57. The van der Waals surface area contributed by atoms with Crippen LogP contribution in [0.4, 0.5) is 15.3 Å². The van der Waals surface area contributed by atoms with E-state index < -0.39 is 17.8 Å². The molecule has 0 radical (unpaired) electrons. The SMILES string of the molecule is CCC(C)CC(C)(CC)n1ccc(C(=O)NC(COC)C(=O)Nc2nc(-c3ccc(F)c(N4CC(C)OC(C)C4)n3)cs2)c1. The van der Waals surface area contributed by atoms with Crippen molar-refractivity contribution in [2.75, 3.05) is 37.0 Å². The van der Waals surface area contributed by atoms with Crippen molar-refractivity contribution >= 4 is 34.1 Å². The van der Waals surface area contributed by atoms with Crippen LogP contribution in [0.25, 0.3) is 11.4 Å². The number of nitrogens with zero attached hydrogens (tertiary/aromatic N) is 4. The summed E-state index contributed by atoms with van der Waals surface area (Å²) in [6, 6.07) is 3.78. The Bertz CT molecular complexity index is 1420. The summed E-state index contributed by atoms with van der Waals surface area (Å²) in [6.45, 7) is 13.7. The van der Waals surface area contributed by atoms with E-state index in [1.54, 1.807) is 17.5 Å². The van der Waals surface area contributed by atoms with E-state index in [-0.39, 0.29) is 36.1 Å². The Morgan fingerprint density at radius 2 is 1.91 bits per heavy atom. The second-order valence-electron chi connectivity index (χ2n) is 12.0. The number of halogens is 1. The summed E-state index contributed by atoms with van der Waals surface area (Å²) in [6.07, 6.45) is 6.70. The van der Waals surface area contributed by atoms with Crippen LogP contribution >= 0.6 is 11.3 Å². The van der Waals surface area contributed by atoms with Gasteiger partial charge in [-0.25, -0.2) is 14.4 Å². The normalized spacial score (nSPS) is 19.7. The highest BCUT2D eigenvalue weighted by molar-refractivity contribution is 7.14. The molecule has 10 nitrogen and oxygen atoms in total. The summed E-state index contributed by atoms with van der Waals surface area (Å²) in [5.74, 6) is -0.433. The van der Waals surface area contributed by atoms with Crippen LogP contribution in [-0.4, -0.2) is 71.4 Å². The third-order valence-corrected chi connectivity index (χ3v) is 9.08. The molecule has 3 aromatic heterocycles. The number of anilines is 2. The first-order valence-electron chi connectivity index (χ1n) is 15.3. The third-order valence-electron chi connectivity index (χ3n) is 8.32. The number of carbonyl (C=O) groups is 2. The quantitative estimate of drug-likeness (QED) is 0.250. The molecule has 1 aliphatic heterocycles. The first kappa shape index (κ1) is 33.5. The fourth-order valence-corrected chi connectivity index (χ4v) is 6.28. The van der Waals surface area contributed by atoms with Crippen molar-refractivity contribution in [3.63, 3.8) is 0 Å². The van der Waals surface area contributed by atoms with E-state index in [9.17, 15) is 14.0 Å². The largest absolute Gasteiger partial charge is 0.382 e. The second-order valence-corrected chi connectivity index (χ2v) is 12.9. The minimum Gasteiger partial charge on any atom is -0.382 e.